The Bertz CT molecular complexity index is 610. The molecule has 1 atom stereocenters. The van der Waals surface area contributed by atoms with E-state index in [4.69, 9.17) is 10.5 Å². The standard InChI is InChI=1S/C18H24N2O/c1-12-10-14(18(3,4)5)6-9-17(12)21-15-7-8-16(13(2)19)20-11-15/h6-11,13H,19H2,1-5H3. The van der Waals surface area contributed by atoms with Crippen molar-refractivity contribution in [2.75, 3.05) is 0 Å². The van der Waals surface area contributed by atoms with E-state index >= 15 is 0 Å². The summed E-state index contributed by atoms with van der Waals surface area (Å²) in [6.45, 7) is 10.6. The van der Waals surface area contributed by atoms with Gasteiger partial charge in [0, 0.05) is 6.04 Å². The van der Waals surface area contributed by atoms with Crippen molar-refractivity contribution in [3.63, 3.8) is 0 Å². The molecule has 1 aromatic carbocycles. The highest BCUT2D eigenvalue weighted by Gasteiger charge is 2.15. The maximum atomic E-state index is 5.91. The monoisotopic (exact) mass is 284 g/mol. The number of aromatic nitrogens is 1. The average molecular weight is 284 g/mol. The molecule has 0 fully saturated rings. The Hall–Kier alpha value is -1.87. The first-order valence-corrected chi connectivity index (χ1v) is 7.28. The molecule has 21 heavy (non-hydrogen) atoms. The van der Waals surface area contributed by atoms with Crippen LogP contribution in [0.2, 0.25) is 0 Å². The van der Waals surface area contributed by atoms with Crippen molar-refractivity contribution in [2.24, 2.45) is 5.73 Å². The summed E-state index contributed by atoms with van der Waals surface area (Å²) in [7, 11) is 0. The largest absolute Gasteiger partial charge is 0.455 e. The van der Waals surface area contributed by atoms with E-state index in [0.717, 1.165) is 22.8 Å². The van der Waals surface area contributed by atoms with Crippen LogP contribution in [0.1, 0.15) is 50.6 Å². The number of aryl methyl sites for hydroxylation is 1. The molecule has 1 unspecified atom stereocenters. The van der Waals surface area contributed by atoms with Crippen molar-refractivity contribution in [1.29, 1.82) is 0 Å². The van der Waals surface area contributed by atoms with E-state index in [9.17, 15) is 0 Å². The lowest BCUT2D eigenvalue weighted by Crippen LogP contribution is -2.11. The molecular weight excluding hydrogens is 260 g/mol. The van der Waals surface area contributed by atoms with E-state index in [-0.39, 0.29) is 11.5 Å². The second-order valence-electron chi connectivity index (χ2n) is 6.54. The van der Waals surface area contributed by atoms with E-state index in [1.165, 1.54) is 5.56 Å². The Kier molecular flexibility index (Phi) is 4.33. The Balaban J connectivity index is 2.20. The van der Waals surface area contributed by atoms with Gasteiger partial charge >= 0.3 is 0 Å². The van der Waals surface area contributed by atoms with Crippen molar-refractivity contribution in [1.82, 2.24) is 4.98 Å². The molecule has 0 aliphatic carbocycles. The number of nitrogens with zero attached hydrogens (tertiary/aromatic N) is 1. The molecule has 1 heterocycles. The van der Waals surface area contributed by atoms with Gasteiger partial charge in [0.25, 0.3) is 0 Å². The Labute approximate surface area is 127 Å². The van der Waals surface area contributed by atoms with Crippen LogP contribution >= 0.6 is 0 Å². The number of hydrogen-bond acceptors (Lipinski definition) is 3. The SMILES string of the molecule is Cc1cc(C(C)(C)C)ccc1Oc1ccc(C(C)N)nc1. The lowest BCUT2D eigenvalue weighted by Gasteiger charge is -2.20. The zero-order chi connectivity index (χ0) is 15.6. The van der Waals surface area contributed by atoms with Gasteiger partial charge in [-0.25, -0.2) is 0 Å². The minimum atomic E-state index is -0.0631. The number of rotatable bonds is 3. The van der Waals surface area contributed by atoms with Crippen LogP contribution in [0.3, 0.4) is 0 Å². The highest BCUT2D eigenvalue weighted by molar-refractivity contribution is 5.41. The van der Waals surface area contributed by atoms with Crippen LogP contribution in [0, 0.1) is 6.92 Å². The van der Waals surface area contributed by atoms with E-state index < -0.39 is 0 Å². The molecule has 0 aliphatic heterocycles. The first-order chi connectivity index (χ1) is 9.77. The van der Waals surface area contributed by atoms with Gasteiger partial charge in [-0.3, -0.25) is 4.98 Å². The lowest BCUT2D eigenvalue weighted by atomic mass is 9.86. The molecule has 0 aliphatic rings. The second-order valence-corrected chi connectivity index (χ2v) is 6.54. The Morgan fingerprint density at radius 2 is 1.86 bits per heavy atom. The minimum absolute atomic E-state index is 0.0631. The fraction of sp³-hybridized carbons (Fsp3) is 0.389. The van der Waals surface area contributed by atoms with Gasteiger partial charge in [-0.1, -0.05) is 32.9 Å². The summed E-state index contributed by atoms with van der Waals surface area (Å²) in [5.74, 6) is 1.59. The minimum Gasteiger partial charge on any atom is -0.455 e. The maximum Gasteiger partial charge on any atom is 0.145 e. The normalized spacial score (nSPS) is 13.0. The topological polar surface area (TPSA) is 48.1 Å². The average Bonchev–Trinajstić information content (AvgIpc) is 2.40. The molecule has 0 amide bonds. The fourth-order valence-corrected chi connectivity index (χ4v) is 2.08. The molecule has 3 heteroatoms. The summed E-state index contributed by atoms with van der Waals surface area (Å²) in [6.07, 6.45) is 1.72. The molecule has 0 bridgehead atoms. The zero-order valence-corrected chi connectivity index (χ0v) is 13.5. The number of benzene rings is 1. The predicted molar refractivity (Wildman–Crippen MR) is 86.8 cm³/mol. The Morgan fingerprint density at radius 1 is 1.14 bits per heavy atom. The van der Waals surface area contributed by atoms with Gasteiger partial charge in [0.15, 0.2) is 0 Å². The van der Waals surface area contributed by atoms with Crippen LogP contribution in [0.25, 0.3) is 0 Å². The molecule has 0 spiro atoms. The van der Waals surface area contributed by atoms with Gasteiger partial charge in [-0.15, -0.1) is 0 Å². The first-order valence-electron chi connectivity index (χ1n) is 7.28. The molecular formula is C18H24N2O. The lowest BCUT2D eigenvalue weighted by molar-refractivity contribution is 0.474. The molecule has 2 aromatic rings. The molecule has 0 radical (unpaired) electrons. The van der Waals surface area contributed by atoms with Crippen LogP contribution in [0.15, 0.2) is 36.5 Å². The molecule has 112 valence electrons. The third-order valence-corrected chi connectivity index (χ3v) is 3.49. The number of hydrogen-bond donors (Lipinski definition) is 1. The number of ether oxygens (including phenoxy) is 1. The van der Waals surface area contributed by atoms with E-state index in [1.807, 2.05) is 25.1 Å². The van der Waals surface area contributed by atoms with Gasteiger partial charge in [0.05, 0.1) is 11.9 Å². The molecule has 2 rings (SSSR count). The van der Waals surface area contributed by atoms with Crippen molar-refractivity contribution in [2.45, 2.75) is 46.1 Å². The summed E-state index contributed by atoms with van der Waals surface area (Å²) < 4.78 is 5.91. The van der Waals surface area contributed by atoms with Gasteiger partial charge < -0.3 is 10.5 Å². The summed E-state index contributed by atoms with van der Waals surface area (Å²) in [6, 6.07) is 10.1. The second kappa shape index (κ2) is 5.86. The van der Waals surface area contributed by atoms with E-state index in [0.29, 0.717) is 0 Å². The van der Waals surface area contributed by atoms with Crippen LogP contribution in [0.5, 0.6) is 11.5 Å². The molecule has 0 saturated carbocycles. The third-order valence-electron chi connectivity index (χ3n) is 3.49. The highest BCUT2D eigenvalue weighted by atomic mass is 16.5. The van der Waals surface area contributed by atoms with E-state index in [1.54, 1.807) is 6.20 Å². The smallest absolute Gasteiger partial charge is 0.145 e. The highest BCUT2D eigenvalue weighted by Crippen LogP contribution is 2.30. The van der Waals surface area contributed by atoms with Gasteiger partial charge in [-0.05, 0) is 48.6 Å². The number of nitrogens with two attached hydrogens (primary N) is 1. The van der Waals surface area contributed by atoms with Crippen LogP contribution in [-0.2, 0) is 5.41 Å². The van der Waals surface area contributed by atoms with Crippen LogP contribution in [0.4, 0.5) is 0 Å². The first kappa shape index (κ1) is 15.5. The van der Waals surface area contributed by atoms with Crippen molar-refractivity contribution in [3.05, 3.63) is 53.3 Å². The van der Waals surface area contributed by atoms with Gasteiger partial charge in [0.2, 0.25) is 0 Å². The van der Waals surface area contributed by atoms with Crippen LogP contribution < -0.4 is 10.5 Å². The van der Waals surface area contributed by atoms with Crippen molar-refractivity contribution < 1.29 is 4.74 Å². The summed E-state index contributed by atoms with van der Waals surface area (Å²) in [5.41, 5.74) is 9.23. The summed E-state index contributed by atoms with van der Waals surface area (Å²) in [4.78, 5) is 4.31. The summed E-state index contributed by atoms with van der Waals surface area (Å²) in [5, 5.41) is 0. The summed E-state index contributed by atoms with van der Waals surface area (Å²) >= 11 is 0. The van der Waals surface area contributed by atoms with Gasteiger partial charge in [0.1, 0.15) is 11.5 Å². The fourth-order valence-electron chi connectivity index (χ4n) is 2.08. The number of pyridine rings is 1. The Morgan fingerprint density at radius 3 is 2.33 bits per heavy atom. The quantitative estimate of drug-likeness (QED) is 0.902. The molecule has 0 saturated heterocycles. The molecule has 1 aromatic heterocycles. The van der Waals surface area contributed by atoms with E-state index in [2.05, 4.69) is 44.8 Å². The van der Waals surface area contributed by atoms with Gasteiger partial charge in [-0.2, -0.15) is 0 Å². The molecule has 2 N–H and O–H groups in total. The zero-order valence-electron chi connectivity index (χ0n) is 13.5. The predicted octanol–water partition coefficient (Wildman–Crippen LogP) is 4.50. The molecule has 3 nitrogen and oxygen atoms in total. The maximum absolute atomic E-state index is 5.91. The van der Waals surface area contributed by atoms with Crippen LogP contribution in [-0.4, -0.2) is 4.98 Å². The third kappa shape index (κ3) is 3.82. The van der Waals surface area contributed by atoms with Crippen molar-refractivity contribution >= 4 is 0 Å². The van der Waals surface area contributed by atoms with Crippen molar-refractivity contribution in [3.8, 4) is 11.5 Å².